The van der Waals surface area contributed by atoms with E-state index in [9.17, 15) is 9.18 Å². The molecule has 2 aromatic carbocycles. The van der Waals surface area contributed by atoms with Crippen LogP contribution < -0.4 is 0 Å². The Bertz CT molecular complexity index is 816. The van der Waals surface area contributed by atoms with Gasteiger partial charge in [0.05, 0.1) is 15.6 Å². The number of benzene rings is 2. The molecule has 0 aliphatic carbocycles. The largest absolute Gasteiger partial charge is 0.288 e. The number of fused-ring (bicyclic) bond motifs is 1. The van der Waals surface area contributed by atoms with Crippen LogP contribution in [0, 0.1) is 5.82 Å². The summed E-state index contributed by atoms with van der Waals surface area (Å²) in [6.45, 7) is 0. The lowest BCUT2D eigenvalue weighted by Gasteiger charge is -2.05. The van der Waals surface area contributed by atoms with Crippen LogP contribution in [0.3, 0.4) is 0 Å². The molecule has 3 aromatic rings. The van der Waals surface area contributed by atoms with Gasteiger partial charge in [-0.15, -0.1) is 0 Å². The SMILES string of the molecule is O=C(c1ccc2ncccc2c1)c1cccc(Br)c1F. The first-order valence-electron chi connectivity index (χ1n) is 6.00. The maximum atomic E-state index is 14.0. The van der Waals surface area contributed by atoms with E-state index in [0.717, 1.165) is 10.9 Å². The van der Waals surface area contributed by atoms with E-state index >= 15 is 0 Å². The molecular formula is C16H9BrFNO. The highest BCUT2D eigenvalue weighted by atomic mass is 79.9. The highest BCUT2D eigenvalue weighted by molar-refractivity contribution is 9.10. The Morgan fingerprint density at radius 3 is 2.80 bits per heavy atom. The van der Waals surface area contributed by atoms with Crippen molar-refractivity contribution in [2.45, 2.75) is 0 Å². The summed E-state index contributed by atoms with van der Waals surface area (Å²) >= 11 is 3.09. The Kier molecular flexibility index (Phi) is 3.32. The topological polar surface area (TPSA) is 30.0 Å². The summed E-state index contributed by atoms with van der Waals surface area (Å²) < 4.78 is 14.3. The van der Waals surface area contributed by atoms with Gasteiger partial charge < -0.3 is 0 Å². The van der Waals surface area contributed by atoms with E-state index in [2.05, 4.69) is 20.9 Å². The maximum Gasteiger partial charge on any atom is 0.196 e. The molecule has 3 rings (SSSR count). The Morgan fingerprint density at radius 2 is 1.95 bits per heavy atom. The molecule has 0 saturated carbocycles. The molecule has 4 heteroatoms. The second kappa shape index (κ2) is 5.13. The van der Waals surface area contributed by atoms with Crippen molar-refractivity contribution in [2.75, 3.05) is 0 Å². The first kappa shape index (κ1) is 12.9. The van der Waals surface area contributed by atoms with Crippen molar-refractivity contribution in [3.8, 4) is 0 Å². The van der Waals surface area contributed by atoms with Crippen LogP contribution in [0.5, 0.6) is 0 Å². The number of rotatable bonds is 2. The van der Waals surface area contributed by atoms with Crippen LogP contribution in [0.1, 0.15) is 15.9 Å². The summed E-state index contributed by atoms with van der Waals surface area (Å²) in [6.07, 6.45) is 1.69. The molecule has 0 N–H and O–H groups in total. The molecule has 0 unspecified atom stereocenters. The smallest absolute Gasteiger partial charge is 0.196 e. The predicted octanol–water partition coefficient (Wildman–Crippen LogP) is 4.37. The van der Waals surface area contributed by atoms with Gasteiger partial charge in [0, 0.05) is 17.1 Å². The van der Waals surface area contributed by atoms with Crippen molar-refractivity contribution in [1.82, 2.24) is 4.98 Å². The second-order valence-corrected chi connectivity index (χ2v) is 5.20. The fraction of sp³-hybridized carbons (Fsp3) is 0. The zero-order valence-corrected chi connectivity index (χ0v) is 11.9. The maximum absolute atomic E-state index is 14.0. The van der Waals surface area contributed by atoms with Gasteiger partial charge in [-0.3, -0.25) is 9.78 Å². The van der Waals surface area contributed by atoms with Crippen LogP contribution in [0.25, 0.3) is 10.9 Å². The average Bonchev–Trinajstić information content (AvgIpc) is 2.49. The van der Waals surface area contributed by atoms with Crippen molar-refractivity contribution in [3.05, 3.63) is 76.1 Å². The lowest BCUT2D eigenvalue weighted by molar-refractivity contribution is 0.103. The van der Waals surface area contributed by atoms with Crippen molar-refractivity contribution in [3.63, 3.8) is 0 Å². The minimum atomic E-state index is -0.538. The van der Waals surface area contributed by atoms with Gasteiger partial charge in [0.1, 0.15) is 5.82 Å². The molecule has 0 fully saturated rings. The van der Waals surface area contributed by atoms with Crippen molar-refractivity contribution >= 4 is 32.6 Å². The van der Waals surface area contributed by atoms with E-state index in [1.54, 1.807) is 42.6 Å². The number of aromatic nitrogens is 1. The second-order valence-electron chi connectivity index (χ2n) is 4.34. The summed E-state index contributed by atoms with van der Waals surface area (Å²) in [7, 11) is 0. The molecule has 0 amide bonds. The fourth-order valence-electron chi connectivity index (χ4n) is 2.05. The minimum absolute atomic E-state index is 0.0580. The number of hydrogen-bond acceptors (Lipinski definition) is 2. The Labute approximate surface area is 123 Å². The van der Waals surface area contributed by atoms with E-state index in [4.69, 9.17) is 0 Å². The summed E-state index contributed by atoms with van der Waals surface area (Å²) in [6, 6.07) is 13.5. The highest BCUT2D eigenvalue weighted by Gasteiger charge is 2.16. The van der Waals surface area contributed by atoms with E-state index < -0.39 is 5.82 Å². The monoisotopic (exact) mass is 329 g/mol. The molecule has 0 spiro atoms. The molecule has 98 valence electrons. The number of hydrogen-bond donors (Lipinski definition) is 0. The molecule has 0 saturated heterocycles. The van der Waals surface area contributed by atoms with Crippen molar-refractivity contribution in [2.24, 2.45) is 0 Å². The van der Waals surface area contributed by atoms with Gasteiger partial charge in [0.25, 0.3) is 0 Å². The first-order valence-corrected chi connectivity index (χ1v) is 6.79. The average molecular weight is 330 g/mol. The van der Waals surface area contributed by atoms with E-state index in [1.807, 2.05) is 6.07 Å². The van der Waals surface area contributed by atoms with E-state index in [1.165, 1.54) is 6.07 Å². The zero-order valence-electron chi connectivity index (χ0n) is 10.3. The minimum Gasteiger partial charge on any atom is -0.288 e. The number of halogens is 2. The zero-order chi connectivity index (χ0) is 14.1. The molecular weight excluding hydrogens is 321 g/mol. The van der Waals surface area contributed by atoms with Crippen LogP contribution in [-0.2, 0) is 0 Å². The summed E-state index contributed by atoms with van der Waals surface area (Å²) in [5.41, 5.74) is 1.31. The number of pyridine rings is 1. The van der Waals surface area contributed by atoms with Gasteiger partial charge in [-0.2, -0.15) is 0 Å². The Hall–Kier alpha value is -2.07. The van der Waals surface area contributed by atoms with Gasteiger partial charge in [0.2, 0.25) is 0 Å². The van der Waals surface area contributed by atoms with Crippen molar-refractivity contribution in [1.29, 1.82) is 0 Å². The predicted molar refractivity (Wildman–Crippen MR) is 79.3 cm³/mol. The number of carbonyl (C=O) groups is 1. The molecule has 2 nitrogen and oxygen atoms in total. The Balaban J connectivity index is 2.10. The van der Waals surface area contributed by atoms with Crippen LogP contribution >= 0.6 is 15.9 Å². The molecule has 20 heavy (non-hydrogen) atoms. The van der Waals surface area contributed by atoms with Crippen LogP contribution in [0.2, 0.25) is 0 Å². The Morgan fingerprint density at radius 1 is 1.10 bits per heavy atom. The number of carbonyl (C=O) groups excluding carboxylic acids is 1. The third-order valence-electron chi connectivity index (χ3n) is 3.06. The lowest BCUT2D eigenvalue weighted by Crippen LogP contribution is -2.04. The summed E-state index contributed by atoms with van der Waals surface area (Å²) in [5, 5.41) is 0.855. The third-order valence-corrected chi connectivity index (χ3v) is 3.67. The van der Waals surface area contributed by atoms with Crippen molar-refractivity contribution < 1.29 is 9.18 Å². The van der Waals surface area contributed by atoms with Gasteiger partial charge in [0.15, 0.2) is 5.78 Å². The van der Waals surface area contributed by atoms with Gasteiger partial charge in [-0.05, 0) is 52.3 Å². The lowest BCUT2D eigenvalue weighted by atomic mass is 10.0. The highest BCUT2D eigenvalue weighted by Crippen LogP contribution is 2.22. The molecule has 0 radical (unpaired) electrons. The fourth-order valence-corrected chi connectivity index (χ4v) is 2.42. The quantitative estimate of drug-likeness (QED) is 0.653. The first-order chi connectivity index (χ1) is 9.66. The van der Waals surface area contributed by atoms with Crippen LogP contribution in [0.15, 0.2) is 59.2 Å². The standard InChI is InChI=1S/C16H9BrFNO/c17-13-5-1-4-12(15(13)18)16(20)11-6-7-14-10(9-11)3-2-8-19-14/h1-9H. The van der Waals surface area contributed by atoms with Crippen LogP contribution in [-0.4, -0.2) is 10.8 Å². The van der Waals surface area contributed by atoms with E-state index in [0.29, 0.717) is 5.56 Å². The van der Waals surface area contributed by atoms with Crippen LogP contribution in [0.4, 0.5) is 4.39 Å². The van der Waals surface area contributed by atoms with E-state index in [-0.39, 0.29) is 15.8 Å². The summed E-state index contributed by atoms with van der Waals surface area (Å²) in [5.74, 6) is -0.877. The molecule has 1 heterocycles. The normalized spacial score (nSPS) is 10.7. The molecule has 0 atom stereocenters. The van der Waals surface area contributed by atoms with Gasteiger partial charge in [-0.25, -0.2) is 4.39 Å². The molecule has 0 aliphatic heterocycles. The number of ketones is 1. The number of nitrogens with zero attached hydrogens (tertiary/aromatic N) is 1. The summed E-state index contributed by atoms with van der Waals surface area (Å²) in [4.78, 5) is 16.6. The molecule has 0 aliphatic rings. The molecule has 0 bridgehead atoms. The van der Waals surface area contributed by atoms with Gasteiger partial charge in [-0.1, -0.05) is 12.1 Å². The van der Waals surface area contributed by atoms with Gasteiger partial charge >= 0.3 is 0 Å². The third kappa shape index (κ3) is 2.23. The molecule has 1 aromatic heterocycles.